The van der Waals surface area contributed by atoms with Gasteiger partial charge in [-0.3, -0.25) is 4.79 Å². The first-order valence-corrected chi connectivity index (χ1v) is 9.44. The summed E-state index contributed by atoms with van der Waals surface area (Å²) in [6.45, 7) is 1.19. The zero-order valence-corrected chi connectivity index (χ0v) is 16.6. The quantitative estimate of drug-likeness (QED) is 0.560. The third-order valence-corrected chi connectivity index (χ3v) is 4.34. The second-order valence-corrected chi connectivity index (χ2v) is 6.72. The molecule has 0 saturated heterocycles. The lowest BCUT2D eigenvalue weighted by atomic mass is 10.0. The van der Waals surface area contributed by atoms with Crippen molar-refractivity contribution in [3.8, 4) is 16.9 Å². The highest BCUT2D eigenvalue weighted by atomic mass is 35.5. The Morgan fingerprint density at radius 2 is 1.69 bits per heavy atom. The van der Waals surface area contributed by atoms with Crippen LogP contribution in [0.5, 0.6) is 5.75 Å². The van der Waals surface area contributed by atoms with Gasteiger partial charge in [0.1, 0.15) is 5.75 Å². The van der Waals surface area contributed by atoms with E-state index in [0.29, 0.717) is 16.5 Å². The van der Waals surface area contributed by atoms with E-state index in [1.807, 2.05) is 48.5 Å². The largest absolute Gasteiger partial charge is 0.482 e. The van der Waals surface area contributed by atoms with E-state index in [1.165, 1.54) is 6.92 Å². The molecule has 6 heteroatoms. The number of carbonyl (C=O) groups is 2. The molecule has 1 amide bonds. The van der Waals surface area contributed by atoms with Gasteiger partial charge in [0.25, 0.3) is 5.91 Å². The first-order valence-electron chi connectivity index (χ1n) is 9.06. The van der Waals surface area contributed by atoms with E-state index in [1.54, 1.807) is 30.3 Å². The van der Waals surface area contributed by atoms with E-state index < -0.39 is 18.0 Å². The molecule has 29 heavy (non-hydrogen) atoms. The van der Waals surface area contributed by atoms with Crippen LogP contribution in [-0.2, 0) is 14.3 Å². The minimum absolute atomic E-state index is 0.321. The van der Waals surface area contributed by atoms with E-state index >= 15 is 0 Å². The Labute approximate surface area is 174 Å². The number of hydrogen-bond acceptors (Lipinski definition) is 4. The number of benzene rings is 3. The predicted octanol–water partition coefficient (Wildman–Crippen LogP) is 4.96. The van der Waals surface area contributed by atoms with Crippen LogP contribution < -0.4 is 10.1 Å². The standard InChI is InChI=1S/C23H20ClNO4/c1-16(29-22(26)15-28-19-11-7-10-18(24)14-19)23(27)25-21-13-6-5-12-20(21)17-8-3-2-4-9-17/h2-14,16H,15H2,1H3,(H,25,27)/t16-/m0/s1. The summed E-state index contributed by atoms with van der Waals surface area (Å²) in [5.41, 5.74) is 2.49. The number of hydrogen-bond donors (Lipinski definition) is 1. The number of esters is 1. The minimum atomic E-state index is -0.978. The number of para-hydroxylation sites is 1. The summed E-state index contributed by atoms with van der Waals surface area (Å²) in [4.78, 5) is 24.5. The van der Waals surface area contributed by atoms with Crippen molar-refractivity contribution >= 4 is 29.2 Å². The molecule has 148 valence electrons. The molecule has 0 aliphatic carbocycles. The average Bonchev–Trinajstić information content (AvgIpc) is 2.73. The Kier molecular flexibility index (Phi) is 6.87. The molecule has 0 heterocycles. The number of rotatable bonds is 7. The Morgan fingerprint density at radius 1 is 0.966 bits per heavy atom. The molecule has 3 aromatic rings. The van der Waals surface area contributed by atoms with Crippen LogP contribution in [0, 0.1) is 0 Å². The zero-order chi connectivity index (χ0) is 20.6. The maximum Gasteiger partial charge on any atom is 0.344 e. The fraction of sp³-hybridized carbons (Fsp3) is 0.130. The van der Waals surface area contributed by atoms with Gasteiger partial charge >= 0.3 is 5.97 Å². The van der Waals surface area contributed by atoms with Gasteiger partial charge in [0, 0.05) is 16.3 Å². The van der Waals surface area contributed by atoms with Gasteiger partial charge in [-0.05, 0) is 36.8 Å². The molecule has 0 spiro atoms. The summed E-state index contributed by atoms with van der Waals surface area (Å²) < 4.78 is 10.5. The highest BCUT2D eigenvalue weighted by Gasteiger charge is 2.19. The smallest absolute Gasteiger partial charge is 0.344 e. The van der Waals surface area contributed by atoms with Crippen molar-refractivity contribution in [2.75, 3.05) is 11.9 Å². The molecule has 3 aromatic carbocycles. The van der Waals surface area contributed by atoms with Gasteiger partial charge < -0.3 is 14.8 Å². The van der Waals surface area contributed by atoms with Crippen LogP contribution in [0.15, 0.2) is 78.9 Å². The summed E-state index contributed by atoms with van der Waals surface area (Å²) in [5, 5.41) is 3.32. The van der Waals surface area contributed by atoms with Gasteiger partial charge in [0.2, 0.25) is 0 Å². The number of anilines is 1. The van der Waals surface area contributed by atoms with E-state index in [9.17, 15) is 9.59 Å². The molecule has 0 radical (unpaired) electrons. The molecule has 0 fully saturated rings. The summed E-state index contributed by atoms with van der Waals surface area (Å²) >= 11 is 5.87. The molecule has 0 aliphatic rings. The van der Waals surface area contributed by atoms with Crippen molar-refractivity contribution in [3.05, 3.63) is 83.9 Å². The third kappa shape index (κ3) is 5.83. The topological polar surface area (TPSA) is 64.6 Å². The molecule has 3 rings (SSSR count). The lowest BCUT2D eigenvalue weighted by molar-refractivity contribution is -0.155. The van der Waals surface area contributed by atoms with E-state index in [2.05, 4.69) is 5.32 Å². The molecule has 1 N–H and O–H groups in total. The summed E-state index contributed by atoms with van der Waals surface area (Å²) in [7, 11) is 0. The van der Waals surface area contributed by atoms with Crippen LogP contribution in [0.1, 0.15) is 6.92 Å². The van der Waals surface area contributed by atoms with Crippen molar-refractivity contribution in [2.45, 2.75) is 13.0 Å². The van der Waals surface area contributed by atoms with Crippen LogP contribution in [0.2, 0.25) is 5.02 Å². The minimum Gasteiger partial charge on any atom is -0.482 e. The SMILES string of the molecule is C[C@H](OC(=O)COc1cccc(Cl)c1)C(=O)Nc1ccccc1-c1ccccc1. The van der Waals surface area contributed by atoms with Crippen LogP contribution in [0.25, 0.3) is 11.1 Å². The third-order valence-electron chi connectivity index (χ3n) is 4.10. The Morgan fingerprint density at radius 3 is 2.45 bits per heavy atom. The van der Waals surface area contributed by atoms with Crippen LogP contribution >= 0.6 is 11.6 Å². The maximum absolute atomic E-state index is 12.5. The Balaban J connectivity index is 1.58. The highest BCUT2D eigenvalue weighted by Crippen LogP contribution is 2.27. The number of ether oxygens (including phenoxy) is 2. The van der Waals surface area contributed by atoms with Crippen molar-refractivity contribution in [3.63, 3.8) is 0 Å². The molecule has 1 atom stereocenters. The van der Waals surface area contributed by atoms with Crippen molar-refractivity contribution in [1.82, 2.24) is 0 Å². The number of carbonyl (C=O) groups excluding carboxylic acids is 2. The fourth-order valence-electron chi connectivity index (χ4n) is 2.68. The second-order valence-electron chi connectivity index (χ2n) is 6.28. The van der Waals surface area contributed by atoms with E-state index in [4.69, 9.17) is 21.1 Å². The van der Waals surface area contributed by atoms with Gasteiger partial charge in [0.05, 0.1) is 0 Å². The molecule has 0 bridgehead atoms. The van der Waals surface area contributed by atoms with Gasteiger partial charge in [-0.2, -0.15) is 0 Å². The monoisotopic (exact) mass is 409 g/mol. The molecule has 0 saturated carbocycles. The second kappa shape index (κ2) is 9.75. The van der Waals surface area contributed by atoms with Crippen LogP contribution in [0.3, 0.4) is 0 Å². The fourth-order valence-corrected chi connectivity index (χ4v) is 2.86. The number of nitrogens with one attached hydrogen (secondary N) is 1. The Hall–Kier alpha value is -3.31. The van der Waals surface area contributed by atoms with E-state index in [-0.39, 0.29) is 6.61 Å². The van der Waals surface area contributed by atoms with E-state index in [0.717, 1.165) is 11.1 Å². The molecular weight excluding hydrogens is 390 g/mol. The van der Waals surface area contributed by atoms with Gasteiger partial charge in [-0.15, -0.1) is 0 Å². The molecule has 0 unspecified atom stereocenters. The van der Waals surface area contributed by atoms with Crippen LogP contribution in [-0.4, -0.2) is 24.6 Å². The van der Waals surface area contributed by atoms with Gasteiger partial charge in [0.15, 0.2) is 12.7 Å². The maximum atomic E-state index is 12.5. The predicted molar refractivity (Wildman–Crippen MR) is 113 cm³/mol. The van der Waals surface area contributed by atoms with Crippen molar-refractivity contribution < 1.29 is 19.1 Å². The van der Waals surface area contributed by atoms with Crippen molar-refractivity contribution in [2.24, 2.45) is 0 Å². The lowest BCUT2D eigenvalue weighted by Gasteiger charge is -2.16. The molecule has 0 aromatic heterocycles. The van der Waals surface area contributed by atoms with Crippen LogP contribution in [0.4, 0.5) is 5.69 Å². The normalized spacial score (nSPS) is 11.4. The zero-order valence-electron chi connectivity index (χ0n) is 15.8. The Bertz CT molecular complexity index is 991. The average molecular weight is 410 g/mol. The van der Waals surface area contributed by atoms with Gasteiger partial charge in [-0.25, -0.2) is 4.79 Å². The number of amides is 1. The highest BCUT2D eigenvalue weighted by molar-refractivity contribution is 6.30. The molecule has 0 aliphatic heterocycles. The molecular formula is C23H20ClNO4. The van der Waals surface area contributed by atoms with Crippen molar-refractivity contribution in [1.29, 1.82) is 0 Å². The molecule has 5 nitrogen and oxygen atoms in total. The van der Waals surface area contributed by atoms with Gasteiger partial charge in [-0.1, -0.05) is 66.2 Å². The summed E-state index contributed by atoms with van der Waals surface area (Å²) in [5.74, 6) is -0.628. The summed E-state index contributed by atoms with van der Waals surface area (Å²) in [6, 6.07) is 23.8. The first-order chi connectivity index (χ1) is 14.0. The number of halogens is 1. The lowest BCUT2D eigenvalue weighted by Crippen LogP contribution is -2.31. The first kappa shape index (κ1) is 20.4. The summed E-state index contributed by atoms with van der Waals surface area (Å²) in [6.07, 6.45) is -0.978.